The number of hydrogen-bond donors (Lipinski definition) is 16. The van der Waals surface area contributed by atoms with Crippen LogP contribution in [0.25, 0.3) is 0 Å². The van der Waals surface area contributed by atoms with Gasteiger partial charge in [-0.15, -0.1) is 0 Å². The third-order valence-electron chi connectivity index (χ3n) is 18.5. The fourth-order valence-electron chi connectivity index (χ4n) is 12.2. The van der Waals surface area contributed by atoms with Crippen molar-refractivity contribution < 1.29 is 131 Å². The second kappa shape index (κ2) is 58.3. The molecule has 0 aliphatic carbocycles. The summed E-state index contributed by atoms with van der Waals surface area (Å²) in [5.74, 6) is -3.16. The Bertz CT molecular complexity index is 2660. The molecule has 16 N–H and O–H groups in total. The fraction of sp³-hybridized carbons (Fsp3) is 0.824. The summed E-state index contributed by atoms with van der Waals surface area (Å²) >= 11 is 0. The molecule has 4 aliphatic rings. The molecule has 111 heavy (non-hydrogen) atoms. The number of hydrogen-bond acceptors (Lipinski definition) is 27. The monoisotopic (exact) mass is 1590 g/mol. The second-order valence-electron chi connectivity index (χ2n) is 28.3. The zero-order valence-electron chi connectivity index (χ0n) is 64.7. The number of ether oxygens (including phenoxy) is 9. The molecular formula is C74H128N10O27. The van der Waals surface area contributed by atoms with Gasteiger partial charge in [0.2, 0.25) is 53.2 Å². The highest BCUT2D eigenvalue weighted by molar-refractivity contribution is 6.12. The van der Waals surface area contributed by atoms with E-state index in [0.29, 0.717) is 103 Å². The zero-order valence-corrected chi connectivity index (χ0v) is 64.7. The summed E-state index contributed by atoms with van der Waals surface area (Å²) in [5, 5.41) is 94.1. The van der Waals surface area contributed by atoms with Crippen LogP contribution < -0.4 is 47.9 Å². The SMILES string of the molecule is CC(=O)N[C@@H]1C[C@@H](O)CO[C@H]1OCCCCC(=O)NCCCNC(=O)CCOCC(COCCC(=O)NCCCNC(=O)CCCCO[C@H]1C[C@@H](O)[C@@H](O)[C@@H](CO)O1)(COCCC(=O)NCCCNC(=O)CCCCO[C@H]1C[C@@H](O)[C@@H](O)[C@@H](CO)O1)NC(=O)CCCCCCCCCCC(=O)NCCN1C(=O)C=CC1=O. The van der Waals surface area contributed by atoms with Crippen molar-refractivity contribution >= 4 is 65.0 Å². The van der Waals surface area contributed by atoms with Gasteiger partial charge in [-0.1, -0.05) is 38.5 Å². The van der Waals surface area contributed by atoms with Gasteiger partial charge in [-0.05, 0) is 70.6 Å². The highest BCUT2D eigenvalue weighted by Crippen LogP contribution is 2.24. The lowest BCUT2D eigenvalue weighted by Crippen LogP contribution is -2.58. The second-order valence-corrected chi connectivity index (χ2v) is 28.3. The number of amides is 11. The molecule has 0 saturated carbocycles. The van der Waals surface area contributed by atoms with Crippen molar-refractivity contribution in [2.45, 2.75) is 260 Å². The van der Waals surface area contributed by atoms with E-state index in [9.17, 15) is 88.5 Å². The maximum absolute atomic E-state index is 14.0. The van der Waals surface area contributed by atoms with Gasteiger partial charge >= 0.3 is 0 Å². The van der Waals surface area contributed by atoms with Crippen LogP contribution in [0.4, 0.5) is 0 Å². The molecule has 0 radical (unpaired) electrons. The number of rotatable bonds is 63. The molecule has 0 aromatic carbocycles. The standard InChI is InChI=1S/C74H128N10O27/c1-52(87)82-54-43-53(88)48-109-73(54)108-39-15-12-22-61(93)77-31-18-34-80-65(97)28-42-105-51-74(83-66(98)23-9-7-5-3-2-4-6-8-19-62(94)81-35-36-84-67(99)24-25-68(84)100,49-103-40-26-63(95)78-32-16-29-75-59(91)20-10-13-37-106-69-44-55(89)71(101)57(46-85)110-69)50-104-41-27-64(96)79-33-17-30-76-60(92)21-11-14-38-107-70-45-56(90)72(102)58(47-86)111-70/h24-25,53-58,69-73,85-86,88-90,101-102H,2-23,26-51H2,1H3,(H,75,91)(H,76,92)(H,77,93)(H,78,95)(H,79,96)(H,80,97)(H,81,94)(H,82,87)(H,83,98)/t53-,54-,55-,56-,57-,58-,69-,70-,71-,72-,73-/m1/s1. The van der Waals surface area contributed by atoms with Crippen molar-refractivity contribution in [3.8, 4) is 0 Å². The van der Waals surface area contributed by atoms with Crippen LogP contribution >= 0.6 is 0 Å². The van der Waals surface area contributed by atoms with E-state index < -0.39 is 98.2 Å². The maximum Gasteiger partial charge on any atom is 0.253 e. The molecule has 37 heteroatoms. The first-order chi connectivity index (χ1) is 53.5. The molecule has 636 valence electrons. The average molecular weight is 1590 g/mol. The van der Waals surface area contributed by atoms with E-state index >= 15 is 0 Å². The minimum atomic E-state index is -1.39. The van der Waals surface area contributed by atoms with Crippen molar-refractivity contribution in [1.82, 2.24) is 52.8 Å². The number of aliphatic hydroxyl groups excluding tert-OH is 7. The largest absolute Gasteiger partial charge is 0.394 e. The third-order valence-corrected chi connectivity index (χ3v) is 18.5. The molecule has 0 aromatic heterocycles. The Balaban J connectivity index is 1.25. The van der Waals surface area contributed by atoms with Gasteiger partial charge in [-0.25, -0.2) is 0 Å². The van der Waals surface area contributed by atoms with E-state index in [0.717, 1.165) is 43.4 Å². The fourth-order valence-corrected chi connectivity index (χ4v) is 12.2. The van der Waals surface area contributed by atoms with Crippen molar-refractivity contribution in [1.29, 1.82) is 0 Å². The summed E-state index contributed by atoms with van der Waals surface area (Å²) in [5.41, 5.74) is -1.39. The lowest BCUT2D eigenvalue weighted by molar-refractivity contribution is -0.257. The Labute approximate surface area is 650 Å². The molecule has 37 nitrogen and oxygen atoms in total. The van der Waals surface area contributed by atoms with E-state index in [1.807, 2.05) is 0 Å². The third kappa shape index (κ3) is 44.1. The van der Waals surface area contributed by atoms with Crippen LogP contribution in [0.15, 0.2) is 12.2 Å². The summed E-state index contributed by atoms with van der Waals surface area (Å²) in [6.07, 6.45) is 4.92. The van der Waals surface area contributed by atoms with Crippen LogP contribution in [0.3, 0.4) is 0 Å². The number of unbranched alkanes of at least 4 members (excludes halogenated alkanes) is 10. The molecule has 0 unspecified atom stereocenters. The lowest BCUT2D eigenvalue weighted by atomic mass is 10.0. The van der Waals surface area contributed by atoms with Gasteiger partial charge in [0.25, 0.3) is 11.8 Å². The summed E-state index contributed by atoms with van der Waals surface area (Å²) in [6.45, 7) is 2.26. The Morgan fingerprint density at radius 1 is 0.432 bits per heavy atom. The number of nitrogens with one attached hydrogen (secondary N) is 9. The van der Waals surface area contributed by atoms with Gasteiger partial charge < -0.3 is 126 Å². The minimum Gasteiger partial charge on any atom is -0.394 e. The Kier molecular flexibility index (Phi) is 50.9. The molecule has 4 heterocycles. The quantitative estimate of drug-likeness (QED) is 0.0225. The van der Waals surface area contributed by atoms with Crippen LogP contribution in [0.5, 0.6) is 0 Å². The lowest BCUT2D eigenvalue weighted by Gasteiger charge is -2.36. The molecule has 0 spiro atoms. The van der Waals surface area contributed by atoms with Crippen molar-refractivity contribution in [2.24, 2.45) is 0 Å². The van der Waals surface area contributed by atoms with Gasteiger partial charge in [-0.3, -0.25) is 57.6 Å². The molecule has 11 amide bonds. The smallest absolute Gasteiger partial charge is 0.253 e. The first kappa shape index (κ1) is 96.8. The van der Waals surface area contributed by atoms with Crippen molar-refractivity contribution in [3.05, 3.63) is 12.2 Å². The van der Waals surface area contributed by atoms with E-state index in [-0.39, 0.29) is 210 Å². The normalized spacial score (nSPS) is 21.8. The number of carbonyl (C=O) groups is 11. The maximum atomic E-state index is 14.0. The molecule has 0 aromatic rings. The van der Waals surface area contributed by atoms with Crippen LogP contribution in [-0.4, -0.2) is 310 Å². The molecule has 3 saturated heterocycles. The summed E-state index contributed by atoms with van der Waals surface area (Å²) < 4.78 is 51.8. The summed E-state index contributed by atoms with van der Waals surface area (Å²) in [4.78, 5) is 139. The predicted octanol–water partition coefficient (Wildman–Crippen LogP) is -2.30. The van der Waals surface area contributed by atoms with E-state index in [4.69, 9.17) is 42.6 Å². The van der Waals surface area contributed by atoms with Gasteiger partial charge in [0.05, 0.1) is 83.8 Å². The number of nitrogens with zero attached hydrogens (tertiary/aromatic N) is 1. The topological polar surface area (TPSA) is 524 Å². The van der Waals surface area contributed by atoms with E-state index in [2.05, 4.69) is 47.9 Å². The van der Waals surface area contributed by atoms with Crippen LogP contribution in [0.1, 0.15) is 187 Å². The van der Waals surface area contributed by atoms with Crippen LogP contribution in [0.2, 0.25) is 0 Å². The molecule has 4 rings (SSSR count). The van der Waals surface area contributed by atoms with Gasteiger partial charge in [-0.2, -0.15) is 0 Å². The van der Waals surface area contributed by atoms with Gasteiger partial charge in [0.1, 0.15) is 30.0 Å². The highest BCUT2D eigenvalue weighted by Gasteiger charge is 2.39. The Hall–Kier alpha value is -6.53. The Morgan fingerprint density at radius 3 is 1.15 bits per heavy atom. The summed E-state index contributed by atoms with van der Waals surface area (Å²) in [7, 11) is 0. The minimum absolute atomic E-state index is 0.0460. The average Bonchev–Trinajstić information content (AvgIpc) is 1.68. The van der Waals surface area contributed by atoms with Crippen LogP contribution in [0, 0.1) is 0 Å². The zero-order chi connectivity index (χ0) is 80.9. The number of imide groups is 1. The van der Waals surface area contributed by atoms with Gasteiger partial charge in [0, 0.05) is 162 Å². The predicted molar refractivity (Wildman–Crippen MR) is 396 cm³/mol. The van der Waals surface area contributed by atoms with Gasteiger partial charge in [0.15, 0.2) is 18.9 Å². The highest BCUT2D eigenvalue weighted by atomic mass is 16.7. The molecular weight excluding hydrogens is 1460 g/mol. The molecule has 4 aliphatic heterocycles. The number of carbonyl (C=O) groups excluding carboxylic acids is 11. The van der Waals surface area contributed by atoms with Crippen molar-refractivity contribution in [3.63, 3.8) is 0 Å². The number of aliphatic hydroxyl groups is 7. The van der Waals surface area contributed by atoms with Crippen LogP contribution in [-0.2, 0) is 95.4 Å². The van der Waals surface area contributed by atoms with E-state index in [1.165, 1.54) is 19.1 Å². The molecule has 0 bridgehead atoms. The Morgan fingerprint density at radius 2 is 0.775 bits per heavy atom. The van der Waals surface area contributed by atoms with Crippen molar-refractivity contribution in [2.75, 3.05) is 132 Å². The summed E-state index contributed by atoms with van der Waals surface area (Å²) in [6, 6.07) is -0.491. The molecule has 11 atom stereocenters. The first-order valence-corrected chi connectivity index (χ1v) is 39.6. The van der Waals surface area contributed by atoms with E-state index in [1.54, 1.807) is 0 Å². The first-order valence-electron chi connectivity index (χ1n) is 39.6. The molecule has 3 fully saturated rings.